The topological polar surface area (TPSA) is 60.5 Å². The van der Waals surface area contributed by atoms with E-state index < -0.39 is 28.4 Å². The molecule has 2 amide bonds. The van der Waals surface area contributed by atoms with Gasteiger partial charge in [-0.2, -0.15) is 0 Å². The summed E-state index contributed by atoms with van der Waals surface area (Å²) in [5.41, 5.74) is 1.85. The molecule has 1 heterocycles. The molecule has 0 radical (unpaired) electrons. The van der Waals surface area contributed by atoms with Crippen LogP contribution in [0.15, 0.2) is 48.5 Å². The maximum absolute atomic E-state index is 15.0. The molecule has 7 nitrogen and oxygen atoms in total. The number of hydrogen-bond acceptors (Lipinski definition) is 5. The zero-order valence-corrected chi connectivity index (χ0v) is 33.2. The van der Waals surface area contributed by atoms with E-state index in [0.717, 1.165) is 48.9 Å². The molecule has 278 valence electrons. The summed E-state index contributed by atoms with van der Waals surface area (Å²) in [7, 11) is -2.64. The zero-order chi connectivity index (χ0) is 35.9. The maximum Gasteiger partial charge on any atom is 0.320 e. The molecule has 0 N–H and O–H groups in total. The molecule has 0 spiro atoms. The molecule has 2 aromatic rings. The summed E-state index contributed by atoms with van der Waals surface area (Å²) in [4.78, 5) is 19.1. The third-order valence-corrected chi connectivity index (χ3v) is 13.5. The average molecular weight is 731 g/mol. The quantitative estimate of drug-likeness (QED) is 0.0778. The first-order chi connectivity index (χ1) is 23.8. The molecule has 1 saturated heterocycles. The Labute approximate surface area is 301 Å². The van der Waals surface area contributed by atoms with Gasteiger partial charge in [-0.25, -0.2) is 13.6 Å². The molecular formula is C39H60F2N2O5Si2. The van der Waals surface area contributed by atoms with E-state index in [1.165, 1.54) is 24.3 Å². The normalized spacial score (nSPS) is 23.4. The van der Waals surface area contributed by atoms with Crippen LogP contribution in [0.4, 0.5) is 13.6 Å². The minimum atomic E-state index is -1.32. The van der Waals surface area contributed by atoms with Crippen LogP contribution in [0.1, 0.15) is 36.8 Å². The number of carbonyl (C=O) groups excluding carboxylic acids is 1. The van der Waals surface area contributed by atoms with Crippen molar-refractivity contribution in [1.82, 2.24) is 9.80 Å². The predicted molar refractivity (Wildman–Crippen MR) is 200 cm³/mol. The van der Waals surface area contributed by atoms with Crippen LogP contribution < -0.4 is 0 Å². The van der Waals surface area contributed by atoms with Crippen LogP contribution in [0.3, 0.4) is 0 Å². The van der Waals surface area contributed by atoms with Gasteiger partial charge in [0.1, 0.15) is 37.4 Å². The number of carbonyl (C=O) groups is 1. The van der Waals surface area contributed by atoms with Crippen molar-refractivity contribution < 1.29 is 32.5 Å². The molecule has 3 aliphatic rings. The van der Waals surface area contributed by atoms with E-state index in [1.54, 1.807) is 24.3 Å². The van der Waals surface area contributed by atoms with E-state index in [2.05, 4.69) is 39.3 Å². The van der Waals surface area contributed by atoms with Crippen molar-refractivity contribution in [2.45, 2.75) is 114 Å². The Hall–Kier alpha value is -2.16. The summed E-state index contributed by atoms with van der Waals surface area (Å²) >= 11 is 0. The lowest BCUT2D eigenvalue weighted by Gasteiger charge is -2.38. The van der Waals surface area contributed by atoms with Gasteiger partial charge < -0.3 is 28.7 Å². The second-order valence-electron chi connectivity index (χ2n) is 17.2. The van der Waals surface area contributed by atoms with E-state index in [1.807, 2.05) is 9.80 Å². The molecule has 11 heteroatoms. The zero-order valence-electron chi connectivity index (χ0n) is 31.2. The SMILES string of the molecule is C[Si](C)(C)CCOCO[C@@H]1[C@@H](OCOCC[Si](C)(C)C)[C@@H](Cc2ccc(F)cc2)N(CC2CC2)C(=O)N(CC2CC2)[C@@H]1Cc1ccc(F)cc1. The fourth-order valence-corrected chi connectivity index (χ4v) is 8.06. The van der Waals surface area contributed by atoms with Crippen LogP contribution in [-0.4, -0.2) is 96.2 Å². The van der Waals surface area contributed by atoms with Gasteiger partial charge in [0.25, 0.3) is 0 Å². The number of halogens is 2. The number of urea groups is 1. The van der Waals surface area contributed by atoms with Crippen molar-refractivity contribution in [2.75, 3.05) is 39.9 Å². The van der Waals surface area contributed by atoms with Crippen LogP contribution >= 0.6 is 0 Å². The summed E-state index contributed by atoms with van der Waals surface area (Å²) in [6.45, 7) is 16.5. The molecule has 3 fully saturated rings. The summed E-state index contributed by atoms with van der Waals surface area (Å²) in [5.74, 6) is 0.277. The van der Waals surface area contributed by atoms with Crippen LogP contribution in [0, 0.1) is 23.5 Å². The fraction of sp³-hybridized carbons (Fsp3) is 0.667. The van der Waals surface area contributed by atoms with Gasteiger partial charge in [0.2, 0.25) is 0 Å². The number of nitrogens with zero attached hydrogens (tertiary/aromatic N) is 2. The van der Waals surface area contributed by atoms with Crippen LogP contribution in [0.25, 0.3) is 0 Å². The number of hydrogen-bond donors (Lipinski definition) is 0. The van der Waals surface area contributed by atoms with Gasteiger partial charge in [-0.15, -0.1) is 0 Å². The Bertz CT molecular complexity index is 1240. The van der Waals surface area contributed by atoms with Gasteiger partial charge >= 0.3 is 6.03 Å². The standard InChI is InChI=1S/C39H60F2N2O5Si2/c1-49(2,3)21-19-45-27-47-37-35(23-29-11-15-33(40)16-12-29)42(25-31-7-8-31)39(44)43(26-32-9-10-32)36(24-30-13-17-34(41)18-14-30)38(37)48-28-46-20-22-50(4,5)6/h11-18,31-32,35-38H,7-10,19-28H2,1-6H3/t35-,36-,37+,38+/m1/s1. The Morgan fingerprint density at radius 3 is 1.30 bits per heavy atom. The molecule has 0 bridgehead atoms. The van der Waals surface area contributed by atoms with Gasteiger partial charge in [-0.3, -0.25) is 0 Å². The first-order valence-electron chi connectivity index (χ1n) is 18.7. The van der Waals surface area contributed by atoms with Gasteiger partial charge in [0.05, 0.1) is 12.1 Å². The molecule has 50 heavy (non-hydrogen) atoms. The molecular weight excluding hydrogens is 671 g/mol. The highest BCUT2D eigenvalue weighted by molar-refractivity contribution is 6.76. The van der Waals surface area contributed by atoms with Gasteiger partial charge in [-0.1, -0.05) is 63.5 Å². The van der Waals surface area contributed by atoms with E-state index in [4.69, 9.17) is 18.9 Å². The van der Waals surface area contributed by atoms with Gasteiger partial charge in [-0.05, 0) is 97.8 Å². The molecule has 2 aromatic carbocycles. The van der Waals surface area contributed by atoms with Gasteiger partial charge in [0.15, 0.2) is 0 Å². The minimum absolute atomic E-state index is 0.0120. The number of ether oxygens (including phenoxy) is 4. The number of rotatable bonds is 20. The highest BCUT2D eigenvalue weighted by Gasteiger charge is 2.50. The molecule has 2 aliphatic carbocycles. The second kappa shape index (κ2) is 17.6. The first kappa shape index (κ1) is 39.1. The molecule has 4 atom stereocenters. The van der Waals surface area contributed by atoms with Crippen molar-refractivity contribution in [2.24, 2.45) is 11.8 Å². The third kappa shape index (κ3) is 12.5. The van der Waals surface area contributed by atoms with E-state index >= 15 is 4.79 Å². The van der Waals surface area contributed by atoms with E-state index in [9.17, 15) is 8.78 Å². The lowest BCUT2D eigenvalue weighted by atomic mass is 9.90. The largest absolute Gasteiger partial charge is 0.356 e. The Morgan fingerprint density at radius 1 is 0.620 bits per heavy atom. The van der Waals surface area contributed by atoms with Crippen molar-refractivity contribution in [3.63, 3.8) is 0 Å². The van der Waals surface area contributed by atoms with Crippen LogP contribution in [0.2, 0.25) is 51.4 Å². The molecule has 2 saturated carbocycles. The van der Waals surface area contributed by atoms with E-state index in [-0.39, 0.29) is 43.3 Å². The summed E-state index contributed by atoms with van der Waals surface area (Å²) in [6, 6.07) is 14.4. The van der Waals surface area contributed by atoms with Crippen LogP contribution in [-0.2, 0) is 31.8 Å². The Balaban J connectivity index is 1.53. The summed E-state index contributed by atoms with van der Waals surface area (Å²) in [6.07, 6.45) is 4.19. The lowest BCUT2D eigenvalue weighted by molar-refractivity contribution is -0.187. The van der Waals surface area contributed by atoms with Crippen molar-refractivity contribution in [3.05, 3.63) is 71.3 Å². The molecule has 1 aliphatic heterocycles. The third-order valence-electron chi connectivity index (χ3n) is 10.1. The molecule has 0 unspecified atom stereocenters. The predicted octanol–water partition coefficient (Wildman–Crippen LogP) is 8.44. The smallest absolute Gasteiger partial charge is 0.320 e. The molecule has 5 rings (SSSR count). The van der Waals surface area contributed by atoms with E-state index in [0.29, 0.717) is 51.0 Å². The van der Waals surface area contributed by atoms with Gasteiger partial charge in [0, 0.05) is 42.5 Å². The lowest BCUT2D eigenvalue weighted by Crippen LogP contribution is -2.54. The highest BCUT2D eigenvalue weighted by Crippen LogP contribution is 2.38. The Kier molecular flexibility index (Phi) is 13.7. The number of amides is 2. The first-order valence-corrected chi connectivity index (χ1v) is 26.1. The second-order valence-corrected chi connectivity index (χ2v) is 28.4. The Morgan fingerprint density at radius 2 is 0.980 bits per heavy atom. The average Bonchev–Trinajstić information content (AvgIpc) is 3.98. The summed E-state index contributed by atoms with van der Waals surface area (Å²) in [5, 5.41) is 0. The van der Waals surface area contributed by atoms with Crippen molar-refractivity contribution >= 4 is 22.2 Å². The fourth-order valence-electron chi connectivity index (χ4n) is 6.54. The minimum Gasteiger partial charge on any atom is -0.356 e. The summed E-state index contributed by atoms with van der Waals surface area (Å²) < 4.78 is 54.1. The van der Waals surface area contributed by atoms with Crippen LogP contribution in [0.5, 0.6) is 0 Å². The highest BCUT2D eigenvalue weighted by atomic mass is 28.3. The van der Waals surface area contributed by atoms with Crippen molar-refractivity contribution in [1.29, 1.82) is 0 Å². The van der Waals surface area contributed by atoms with Crippen molar-refractivity contribution in [3.8, 4) is 0 Å². The number of benzene rings is 2. The maximum atomic E-state index is 15.0. The molecule has 0 aromatic heterocycles. The monoisotopic (exact) mass is 730 g/mol.